The minimum atomic E-state index is -0.199. The van der Waals surface area contributed by atoms with Gasteiger partial charge in [0.05, 0.1) is 5.52 Å². The normalized spacial score (nSPS) is 14.4. The zero-order valence-electron chi connectivity index (χ0n) is 16.3. The Kier molecular flexibility index (Phi) is 4.50. The van der Waals surface area contributed by atoms with E-state index in [1.54, 1.807) is 4.57 Å². The lowest BCUT2D eigenvalue weighted by molar-refractivity contribution is 0.699. The van der Waals surface area contributed by atoms with Crippen molar-refractivity contribution in [3.05, 3.63) is 73.9 Å². The van der Waals surface area contributed by atoms with Crippen molar-refractivity contribution in [3.8, 4) is 5.69 Å². The molecule has 0 N–H and O–H groups in total. The molecule has 1 aliphatic rings. The Morgan fingerprint density at radius 2 is 1.67 bits per heavy atom. The quantitative estimate of drug-likeness (QED) is 0.645. The lowest BCUT2D eigenvalue weighted by Crippen LogP contribution is -2.30. The van der Waals surface area contributed by atoms with Gasteiger partial charge in [0.15, 0.2) is 5.43 Å². The molecule has 4 rings (SSSR count). The number of aryl methyl sites for hydroxylation is 1. The van der Waals surface area contributed by atoms with Gasteiger partial charge in [0.25, 0.3) is 5.56 Å². The first kappa shape index (κ1) is 17.8. The summed E-state index contributed by atoms with van der Waals surface area (Å²) >= 11 is 0. The molecular formula is C23H26N2O2. The van der Waals surface area contributed by atoms with E-state index in [0.717, 1.165) is 60.3 Å². The lowest BCUT2D eigenvalue weighted by atomic mass is 10.0. The van der Waals surface area contributed by atoms with Crippen LogP contribution in [0.15, 0.2) is 46.0 Å². The average Bonchev–Trinajstić information content (AvgIpc) is 2.92. The van der Waals surface area contributed by atoms with Crippen LogP contribution in [0, 0.1) is 0 Å². The molecule has 27 heavy (non-hydrogen) atoms. The summed E-state index contributed by atoms with van der Waals surface area (Å²) in [5.74, 6) is 0.163. The maximum absolute atomic E-state index is 13.5. The maximum Gasteiger partial charge on any atom is 0.268 e. The van der Waals surface area contributed by atoms with Crippen molar-refractivity contribution >= 4 is 10.9 Å². The highest BCUT2D eigenvalue weighted by molar-refractivity contribution is 5.80. The number of aromatic nitrogens is 2. The van der Waals surface area contributed by atoms with E-state index in [1.165, 1.54) is 0 Å². The minimum Gasteiger partial charge on any atom is -0.347 e. The molecule has 4 heteroatoms. The monoisotopic (exact) mass is 362 g/mol. The van der Waals surface area contributed by atoms with Gasteiger partial charge < -0.3 is 4.57 Å². The topological polar surface area (TPSA) is 44.0 Å². The largest absolute Gasteiger partial charge is 0.347 e. The Balaban J connectivity index is 2.17. The Hall–Kier alpha value is -2.62. The summed E-state index contributed by atoms with van der Waals surface area (Å²) in [5.41, 5.74) is 4.20. The predicted molar refractivity (Wildman–Crippen MR) is 110 cm³/mol. The molecule has 4 nitrogen and oxygen atoms in total. The summed E-state index contributed by atoms with van der Waals surface area (Å²) in [4.78, 5) is 26.9. The van der Waals surface area contributed by atoms with Gasteiger partial charge in [-0.25, -0.2) is 0 Å². The number of benzene rings is 1. The first-order valence-electron chi connectivity index (χ1n) is 9.86. The molecule has 3 aromatic rings. The van der Waals surface area contributed by atoms with Crippen LogP contribution in [0.2, 0.25) is 0 Å². The molecule has 0 radical (unpaired) electrons. The van der Waals surface area contributed by atoms with Crippen molar-refractivity contribution in [1.29, 1.82) is 0 Å². The number of hydrogen-bond acceptors (Lipinski definition) is 2. The number of fused-ring (bicyclic) bond motifs is 2. The third kappa shape index (κ3) is 2.84. The fourth-order valence-corrected chi connectivity index (χ4v) is 4.34. The van der Waals surface area contributed by atoms with Crippen molar-refractivity contribution < 1.29 is 0 Å². The second kappa shape index (κ2) is 6.84. The third-order valence-electron chi connectivity index (χ3n) is 5.78. The second-order valence-electron chi connectivity index (χ2n) is 7.83. The fraction of sp³-hybridized carbons (Fsp3) is 0.391. The molecule has 0 saturated carbocycles. The molecular weight excluding hydrogens is 336 g/mol. The van der Waals surface area contributed by atoms with Gasteiger partial charge in [-0.05, 0) is 49.8 Å². The predicted octanol–water partition coefficient (Wildman–Crippen LogP) is 4.08. The van der Waals surface area contributed by atoms with Crippen molar-refractivity contribution in [2.45, 2.75) is 51.9 Å². The molecule has 140 valence electrons. The van der Waals surface area contributed by atoms with Crippen LogP contribution >= 0.6 is 0 Å². The highest BCUT2D eigenvalue weighted by atomic mass is 16.1. The van der Waals surface area contributed by atoms with E-state index in [4.69, 9.17) is 0 Å². The van der Waals surface area contributed by atoms with Crippen molar-refractivity contribution in [1.82, 2.24) is 9.13 Å². The molecule has 2 heterocycles. The van der Waals surface area contributed by atoms with Gasteiger partial charge in [0.2, 0.25) is 0 Å². The number of pyridine rings is 2. The molecule has 0 amide bonds. The van der Waals surface area contributed by atoms with Gasteiger partial charge >= 0.3 is 0 Å². The Bertz CT molecular complexity index is 1120. The summed E-state index contributed by atoms with van der Waals surface area (Å²) < 4.78 is 3.82. The SMILES string of the molecule is CC(C)c1cc2c(c(=O)c3c(n2C)CCCCC3)c(=O)n1-c1ccccc1. The van der Waals surface area contributed by atoms with E-state index in [1.807, 2.05) is 43.4 Å². The van der Waals surface area contributed by atoms with Crippen LogP contribution in [0.4, 0.5) is 0 Å². The van der Waals surface area contributed by atoms with Crippen LogP contribution in [0.25, 0.3) is 16.6 Å². The maximum atomic E-state index is 13.5. The highest BCUT2D eigenvalue weighted by Crippen LogP contribution is 2.25. The standard InChI is InChI=1S/C23H26N2O2/c1-15(2)19-14-20-21(23(27)25(19)16-10-6-4-7-11-16)22(26)17-12-8-5-9-13-18(17)24(20)3/h4,6-7,10-11,14-15H,5,8-9,12-13H2,1-3H3. The van der Waals surface area contributed by atoms with Crippen LogP contribution in [0.5, 0.6) is 0 Å². The molecule has 0 unspecified atom stereocenters. The molecule has 0 aliphatic heterocycles. The van der Waals surface area contributed by atoms with E-state index in [-0.39, 0.29) is 16.9 Å². The van der Waals surface area contributed by atoms with E-state index in [2.05, 4.69) is 18.4 Å². The van der Waals surface area contributed by atoms with Crippen LogP contribution in [-0.2, 0) is 19.9 Å². The molecule has 1 aliphatic carbocycles. The van der Waals surface area contributed by atoms with Gasteiger partial charge in [-0.2, -0.15) is 0 Å². The highest BCUT2D eigenvalue weighted by Gasteiger charge is 2.22. The first-order chi connectivity index (χ1) is 13.0. The summed E-state index contributed by atoms with van der Waals surface area (Å²) in [6, 6.07) is 11.7. The van der Waals surface area contributed by atoms with Gasteiger partial charge in [-0.3, -0.25) is 14.2 Å². The Morgan fingerprint density at radius 1 is 0.963 bits per heavy atom. The van der Waals surface area contributed by atoms with Crippen LogP contribution < -0.4 is 11.0 Å². The molecule has 0 bridgehead atoms. The zero-order valence-corrected chi connectivity index (χ0v) is 16.3. The number of rotatable bonds is 2. The van der Waals surface area contributed by atoms with Crippen molar-refractivity contribution in [3.63, 3.8) is 0 Å². The average molecular weight is 362 g/mol. The minimum absolute atomic E-state index is 0.0648. The van der Waals surface area contributed by atoms with E-state index < -0.39 is 0 Å². The lowest BCUT2D eigenvalue weighted by Gasteiger charge is -2.20. The number of nitrogens with zero attached hydrogens (tertiary/aromatic N) is 2. The van der Waals surface area contributed by atoms with E-state index in [9.17, 15) is 9.59 Å². The van der Waals surface area contributed by atoms with E-state index in [0.29, 0.717) is 5.39 Å². The first-order valence-corrected chi connectivity index (χ1v) is 9.86. The Labute approximate surface area is 159 Å². The molecule has 0 spiro atoms. The molecule has 0 fully saturated rings. The van der Waals surface area contributed by atoms with Crippen LogP contribution in [0.3, 0.4) is 0 Å². The molecule has 0 saturated heterocycles. The van der Waals surface area contributed by atoms with Crippen molar-refractivity contribution in [2.24, 2.45) is 7.05 Å². The van der Waals surface area contributed by atoms with Gasteiger partial charge in [-0.1, -0.05) is 38.5 Å². The Morgan fingerprint density at radius 3 is 2.37 bits per heavy atom. The third-order valence-corrected chi connectivity index (χ3v) is 5.78. The summed E-state index contributed by atoms with van der Waals surface area (Å²) in [6.45, 7) is 4.17. The summed E-state index contributed by atoms with van der Waals surface area (Å²) in [5, 5.41) is 0.325. The van der Waals surface area contributed by atoms with Crippen LogP contribution in [-0.4, -0.2) is 9.13 Å². The zero-order chi connectivity index (χ0) is 19.1. The van der Waals surface area contributed by atoms with Gasteiger partial charge in [0.1, 0.15) is 5.39 Å². The van der Waals surface area contributed by atoms with Gasteiger partial charge in [-0.15, -0.1) is 0 Å². The summed E-state index contributed by atoms with van der Waals surface area (Å²) in [6.07, 6.45) is 4.94. The number of hydrogen-bond donors (Lipinski definition) is 0. The fourth-order valence-electron chi connectivity index (χ4n) is 4.34. The molecule has 1 aromatic carbocycles. The smallest absolute Gasteiger partial charge is 0.268 e. The van der Waals surface area contributed by atoms with E-state index >= 15 is 0 Å². The number of para-hydroxylation sites is 1. The molecule has 2 aromatic heterocycles. The van der Waals surface area contributed by atoms with Crippen molar-refractivity contribution in [2.75, 3.05) is 0 Å². The summed E-state index contributed by atoms with van der Waals surface area (Å²) in [7, 11) is 2.00. The molecule has 0 atom stereocenters. The van der Waals surface area contributed by atoms with Crippen LogP contribution in [0.1, 0.15) is 56.0 Å². The second-order valence-corrected chi connectivity index (χ2v) is 7.83. The van der Waals surface area contributed by atoms with Gasteiger partial charge in [0, 0.05) is 29.7 Å².